The number of nitrogens with zero attached hydrogens (tertiary/aromatic N) is 4. The van der Waals surface area contributed by atoms with Crippen LogP contribution in [-0.2, 0) is 16.4 Å². The molecule has 9 nitrogen and oxygen atoms in total. The van der Waals surface area contributed by atoms with Gasteiger partial charge >= 0.3 is 0 Å². The molecule has 0 spiro atoms. The summed E-state index contributed by atoms with van der Waals surface area (Å²) in [7, 11) is -2.92. The van der Waals surface area contributed by atoms with Crippen molar-refractivity contribution in [3.8, 4) is 0 Å². The van der Waals surface area contributed by atoms with E-state index in [1.165, 1.54) is 0 Å². The van der Waals surface area contributed by atoms with Gasteiger partial charge in [-0.25, -0.2) is 23.4 Å². The van der Waals surface area contributed by atoms with Crippen LogP contribution in [0, 0.1) is 13.8 Å². The minimum Gasteiger partial charge on any atom is -0.328 e. The second-order valence-electron chi connectivity index (χ2n) is 7.35. The molecule has 10 heteroatoms. The van der Waals surface area contributed by atoms with Crippen molar-refractivity contribution >= 4 is 27.2 Å². The zero-order valence-electron chi connectivity index (χ0n) is 16.3. The third kappa shape index (κ3) is 4.28. The number of imidazole rings is 1. The summed E-state index contributed by atoms with van der Waals surface area (Å²) >= 11 is 0. The summed E-state index contributed by atoms with van der Waals surface area (Å²) in [5.41, 5.74) is 3.14. The van der Waals surface area contributed by atoms with Crippen LogP contribution in [0.2, 0.25) is 0 Å². The Morgan fingerprint density at radius 3 is 2.52 bits per heavy atom. The van der Waals surface area contributed by atoms with Crippen LogP contribution in [0.5, 0.6) is 0 Å². The molecule has 152 valence electrons. The van der Waals surface area contributed by atoms with Crippen molar-refractivity contribution in [1.29, 1.82) is 0 Å². The number of pyridine rings is 1. The highest BCUT2D eigenvalue weighted by Crippen LogP contribution is 2.14. The molecule has 0 radical (unpaired) electrons. The van der Waals surface area contributed by atoms with Crippen molar-refractivity contribution in [2.75, 3.05) is 29.9 Å². The number of fused-ring (bicyclic) bond motifs is 1. The van der Waals surface area contributed by atoms with E-state index >= 15 is 0 Å². The highest BCUT2D eigenvalue weighted by molar-refractivity contribution is 7.91. The molecule has 4 heterocycles. The Hall–Kier alpha value is -2.85. The van der Waals surface area contributed by atoms with Crippen molar-refractivity contribution in [3.63, 3.8) is 0 Å². The van der Waals surface area contributed by atoms with Crippen LogP contribution < -0.4 is 10.2 Å². The first-order chi connectivity index (χ1) is 13.8. The third-order valence-electron chi connectivity index (χ3n) is 4.99. The summed E-state index contributed by atoms with van der Waals surface area (Å²) < 4.78 is 25.1. The first kappa shape index (κ1) is 19.5. The summed E-state index contributed by atoms with van der Waals surface area (Å²) in [5, 5.41) is 2.73. The molecule has 0 bridgehead atoms. The van der Waals surface area contributed by atoms with E-state index in [0.717, 1.165) is 27.5 Å². The topological polar surface area (TPSA) is 111 Å². The van der Waals surface area contributed by atoms with Crippen LogP contribution in [0.25, 0.3) is 5.52 Å². The summed E-state index contributed by atoms with van der Waals surface area (Å²) in [4.78, 5) is 27.1. The predicted molar refractivity (Wildman–Crippen MR) is 108 cm³/mol. The van der Waals surface area contributed by atoms with E-state index < -0.39 is 15.7 Å². The Kier molecular flexibility index (Phi) is 5.05. The van der Waals surface area contributed by atoms with Gasteiger partial charge in [-0.2, -0.15) is 0 Å². The van der Waals surface area contributed by atoms with Crippen molar-refractivity contribution in [2.45, 2.75) is 20.4 Å². The van der Waals surface area contributed by atoms with E-state index in [1.807, 2.05) is 38.1 Å². The Morgan fingerprint density at radius 1 is 1.14 bits per heavy atom. The average molecular weight is 415 g/mol. The SMILES string of the molecule is Cc1cc(C)nc(NC(=O)c2nc(C[NH+]3CCS(=O)(=O)CC3)c3ccccn23)n1. The van der Waals surface area contributed by atoms with Gasteiger partial charge in [0, 0.05) is 17.6 Å². The maximum Gasteiger partial charge on any atom is 0.294 e. The number of aromatic nitrogens is 4. The fourth-order valence-corrected chi connectivity index (χ4v) is 4.98. The lowest BCUT2D eigenvalue weighted by atomic mass is 10.3. The second-order valence-corrected chi connectivity index (χ2v) is 9.65. The minimum atomic E-state index is -2.92. The molecule has 1 amide bonds. The van der Waals surface area contributed by atoms with E-state index in [0.29, 0.717) is 19.6 Å². The van der Waals surface area contributed by atoms with Crippen LogP contribution in [0.4, 0.5) is 5.95 Å². The molecule has 1 aliphatic rings. The van der Waals surface area contributed by atoms with E-state index in [1.54, 1.807) is 10.6 Å². The van der Waals surface area contributed by atoms with E-state index in [9.17, 15) is 13.2 Å². The van der Waals surface area contributed by atoms with Gasteiger partial charge < -0.3 is 4.90 Å². The normalized spacial score (nSPS) is 16.8. The second kappa shape index (κ2) is 7.53. The maximum absolute atomic E-state index is 12.9. The van der Waals surface area contributed by atoms with Crippen LogP contribution >= 0.6 is 0 Å². The summed E-state index contributed by atoms with van der Waals surface area (Å²) in [5.74, 6) is 0.478. The largest absolute Gasteiger partial charge is 0.328 e. The van der Waals surface area contributed by atoms with Gasteiger partial charge in [-0.15, -0.1) is 0 Å². The van der Waals surface area contributed by atoms with Crippen molar-refractivity contribution in [3.05, 3.63) is 53.4 Å². The Bertz CT molecular complexity index is 1150. The first-order valence-electron chi connectivity index (χ1n) is 9.44. The highest BCUT2D eigenvalue weighted by Gasteiger charge is 2.27. The number of aryl methyl sites for hydroxylation is 2. The Morgan fingerprint density at radius 2 is 1.83 bits per heavy atom. The lowest BCUT2D eigenvalue weighted by Crippen LogP contribution is -3.13. The molecule has 0 saturated carbocycles. The maximum atomic E-state index is 12.9. The number of amides is 1. The fraction of sp³-hybridized carbons (Fsp3) is 0.368. The number of nitrogens with one attached hydrogen (secondary N) is 2. The van der Waals surface area contributed by atoms with E-state index in [4.69, 9.17) is 0 Å². The van der Waals surface area contributed by atoms with E-state index in [-0.39, 0.29) is 23.3 Å². The minimum absolute atomic E-state index is 0.186. The molecule has 2 N–H and O–H groups in total. The van der Waals surface area contributed by atoms with Crippen molar-refractivity contribution in [1.82, 2.24) is 19.4 Å². The molecule has 0 unspecified atom stereocenters. The Balaban J connectivity index is 1.61. The molecule has 0 aliphatic carbocycles. The molecule has 0 aromatic carbocycles. The molecular formula is C19H23N6O3S+. The molecule has 3 aromatic heterocycles. The standard InChI is InChI=1S/C19H22N6O3S/c1-13-11-14(2)21-19(20-13)23-18(26)17-22-15(16-5-3-4-6-25(16)17)12-24-7-9-29(27,28)10-8-24/h3-6,11H,7-10,12H2,1-2H3,(H,20,21,23,26)/p+1. The molecule has 29 heavy (non-hydrogen) atoms. The third-order valence-corrected chi connectivity index (χ3v) is 6.64. The zero-order valence-corrected chi connectivity index (χ0v) is 17.2. The fourth-order valence-electron chi connectivity index (χ4n) is 3.57. The van der Waals surface area contributed by atoms with Crippen LogP contribution in [0.15, 0.2) is 30.5 Å². The van der Waals surface area contributed by atoms with Gasteiger partial charge in [-0.1, -0.05) is 6.07 Å². The molecule has 1 saturated heterocycles. The number of carbonyl (C=O) groups excluding carboxylic acids is 1. The van der Waals surface area contributed by atoms with Gasteiger partial charge in [0.05, 0.1) is 30.1 Å². The van der Waals surface area contributed by atoms with Gasteiger partial charge in [0.15, 0.2) is 9.84 Å². The number of quaternary nitrogens is 1. The van der Waals surface area contributed by atoms with Crippen LogP contribution in [0.3, 0.4) is 0 Å². The smallest absolute Gasteiger partial charge is 0.294 e. The highest BCUT2D eigenvalue weighted by atomic mass is 32.2. The molecular weight excluding hydrogens is 392 g/mol. The zero-order chi connectivity index (χ0) is 20.6. The summed E-state index contributed by atoms with van der Waals surface area (Å²) in [6, 6.07) is 7.47. The van der Waals surface area contributed by atoms with Gasteiger partial charge in [-0.05, 0) is 32.0 Å². The number of anilines is 1. The molecule has 1 aliphatic heterocycles. The lowest BCUT2D eigenvalue weighted by Gasteiger charge is -2.22. The van der Waals surface area contributed by atoms with Gasteiger partial charge in [0.25, 0.3) is 5.91 Å². The Labute approximate surface area is 168 Å². The predicted octanol–water partition coefficient (Wildman–Crippen LogP) is -0.193. The molecule has 0 atom stereocenters. The number of hydrogen-bond acceptors (Lipinski definition) is 6. The number of carbonyl (C=O) groups is 1. The summed E-state index contributed by atoms with van der Waals surface area (Å²) in [6.07, 6.45) is 1.79. The van der Waals surface area contributed by atoms with E-state index in [2.05, 4.69) is 20.3 Å². The van der Waals surface area contributed by atoms with Gasteiger partial charge in [-0.3, -0.25) is 14.5 Å². The first-order valence-corrected chi connectivity index (χ1v) is 11.3. The van der Waals surface area contributed by atoms with Crippen molar-refractivity contribution in [2.24, 2.45) is 0 Å². The molecule has 1 fully saturated rings. The molecule has 3 aromatic rings. The van der Waals surface area contributed by atoms with Gasteiger partial charge in [0.1, 0.15) is 12.2 Å². The lowest BCUT2D eigenvalue weighted by molar-refractivity contribution is -0.910. The monoisotopic (exact) mass is 415 g/mol. The quantitative estimate of drug-likeness (QED) is 0.611. The number of rotatable bonds is 4. The number of hydrogen-bond donors (Lipinski definition) is 2. The molecule has 4 rings (SSSR count). The van der Waals surface area contributed by atoms with Gasteiger partial charge in [0.2, 0.25) is 11.8 Å². The van der Waals surface area contributed by atoms with Crippen LogP contribution in [0.1, 0.15) is 27.7 Å². The van der Waals surface area contributed by atoms with Crippen molar-refractivity contribution < 1.29 is 18.1 Å². The van der Waals surface area contributed by atoms with Crippen LogP contribution in [-0.4, -0.2) is 58.3 Å². The summed E-state index contributed by atoms with van der Waals surface area (Å²) in [6.45, 7) is 5.35. The average Bonchev–Trinajstić information content (AvgIpc) is 3.01. The number of sulfone groups is 1.